The average molecular weight is 199 g/mol. The lowest BCUT2D eigenvalue weighted by Gasteiger charge is -2.20. The number of phenols is 1. The molecule has 14 heavy (non-hydrogen) atoms. The van der Waals surface area contributed by atoms with Gasteiger partial charge in [0.25, 0.3) is 0 Å². The number of carbonyl (C=O) groups is 1. The van der Waals surface area contributed by atoms with Gasteiger partial charge in [-0.15, -0.1) is 0 Å². The number of nitrogens with two attached hydrogens (primary N) is 1. The van der Waals surface area contributed by atoms with Crippen LogP contribution in [0.4, 0.5) is 4.39 Å². The van der Waals surface area contributed by atoms with Crippen LogP contribution in [0.5, 0.6) is 5.75 Å². The Morgan fingerprint density at radius 1 is 1.57 bits per heavy atom. The van der Waals surface area contributed by atoms with E-state index in [0.29, 0.717) is 0 Å². The van der Waals surface area contributed by atoms with Crippen molar-refractivity contribution >= 4 is 5.97 Å². The number of carboxylic acids is 1. The smallest absolute Gasteiger partial charge is 0.328 e. The minimum Gasteiger partial charge on any atom is -0.505 e. The van der Waals surface area contributed by atoms with Crippen LogP contribution in [0.1, 0.15) is 12.5 Å². The Hall–Kier alpha value is -1.62. The second-order valence-corrected chi connectivity index (χ2v) is 3.15. The number of halogens is 1. The van der Waals surface area contributed by atoms with Gasteiger partial charge < -0.3 is 15.9 Å². The van der Waals surface area contributed by atoms with Crippen molar-refractivity contribution in [2.75, 3.05) is 0 Å². The van der Waals surface area contributed by atoms with Gasteiger partial charge in [-0.3, -0.25) is 0 Å². The summed E-state index contributed by atoms with van der Waals surface area (Å²) in [6.07, 6.45) is 0. The second kappa shape index (κ2) is 3.26. The van der Waals surface area contributed by atoms with Crippen molar-refractivity contribution in [3.63, 3.8) is 0 Å². The van der Waals surface area contributed by atoms with Crippen LogP contribution in [0.25, 0.3) is 0 Å². The molecule has 0 saturated heterocycles. The molecular formula is C9H10FNO3. The highest BCUT2D eigenvalue weighted by Gasteiger charge is 2.33. The standard InChI is InChI=1S/C9H10FNO3/c1-9(11,8(13)14)5-3-2-4-6(12)7(5)10/h2-4,12H,11H2,1H3,(H,13,14). The summed E-state index contributed by atoms with van der Waals surface area (Å²) >= 11 is 0. The number of aromatic hydroxyl groups is 1. The highest BCUT2D eigenvalue weighted by Crippen LogP contribution is 2.26. The minimum atomic E-state index is -1.84. The van der Waals surface area contributed by atoms with E-state index in [4.69, 9.17) is 15.9 Å². The zero-order valence-electron chi connectivity index (χ0n) is 7.49. The summed E-state index contributed by atoms with van der Waals surface area (Å²) in [5, 5.41) is 17.8. The number of carboxylic acid groups (broad SMARTS) is 1. The fourth-order valence-corrected chi connectivity index (χ4v) is 1.04. The van der Waals surface area contributed by atoms with E-state index in [0.717, 1.165) is 13.0 Å². The summed E-state index contributed by atoms with van der Waals surface area (Å²) in [5.41, 5.74) is 3.31. The highest BCUT2D eigenvalue weighted by molar-refractivity contribution is 5.80. The molecule has 0 bridgehead atoms. The van der Waals surface area contributed by atoms with Crippen molar-refractivity contribution in [2.24, 2.45) is 5.73 Å². The largest absolute Gasteiger partial charge is 0.505 e. The van der Waals surface area contributed by atoms with Gasteiger partial charge in [-0.25, -0.2) is 9.18 Å². The van der Waals surface area contributed by atoms with Crippen molar-refractivity contribution in [1.82, 2.24) is 0 Å². The fourth-order valence-electron chi connectivity index (χ4n) is 1.04. The van der Waals surface area contributed by atoms with E-state index in [1.807, 2.05) is 0 Å². The predicted octanol–water partition coefficient (Wildman–Crippen LogP) is 0.790. The molecule has 1 atom stereocenters. The zero-order valence-corrected chi connectivity index (χ0v) is 7.49. The Labute approximate surface area is 79.8 Å². The first-order chi connectivity index (χ1) is 6.37. The van der Waals surface area contributed by atoms with Gasteiger partial charge in [0.15, 0.2) is 11.6 Å². The number of phenolic OH excluding ortho intramolecular Hbond substituents is 1. The van der Waals surface area contributed by atoms with Crippen molar-refractivity contribution in [1.29, 1.82) is 0 Å². The molecule has 4 N–H and O–H groups in total. The molecular weight excluding hydrogens is 189 g/mol. The molecule has 4 nitrogen and oxygen atoms in total. The molecule has 0 heterocycles. The molecule has 0 fully saturated rings. The zero-order chi connectivity index (χ0) is 10.9. The molecule has 1 aromatic rings. The van der Waals surface area contributed by atoms with Crippen molar-refractivity contribution in [2.45, 2.75) is 12.5 Å². The molecule has 5 heteroatoms. The summed E-state index contributed by atoms with van der Waals surface area (Å²) in [7, 11) is 0. The average Bonchev–Trinajstić information content (AvgIpc) is 2.09. The summed E-state index contributed by atoms with van der Waals surface area (Å²) in [6, 6.07) is 3.68. The third-order valence-corrected chi connectivity index (χ3v) is 1.98. The van der Waals surface area contributed by atoms with Crippen LogP contribution in [0.2, 0.25) is 0 Å². The first-order valence-electron chi connectivity index (χ1n) is 3.87. The second-order valence-electron chi connectivity index (χ2n) is 3.15. The number of hydrogen-bond donors (Lipinski definition) is 3. The van der Waals surface area contributed by atoms with Crippen LogP contribution in [0.3, 0.4) is 0 Å². The topological polar surface area (TPSA) is 83.6 Å². The number of rotatable bonds is 2. The summed E-state index contributed by atoms with van der Waals surface area (Å²) < 4.78 is 13.3. The van der Waals surface area contributed by atoms with Crippen LogP contribution < -0.4 is 5.73 Å². The summed E-state index contributed by atoms with van der Waals surface area (Å²) in [4.78, 5) is 10.7. The summed E-state index contributed by atoms with van der Waals surface area (Å²) in [6.45, 7) is 1.16. The first kappa shape index (κ1) is 10.5. The Morgan fingerprint density at radius 2 is 2.14 bits per heavy atom. The van der Waals surface area contributed by atoms with Gasteiger partial charge in [-0.2, -0.15) is 0 Å². The quantitative estimate of drug-likeness (QED) is 0.657. The molecule has 76 valence electrons. The van der Waals surface area contributed by atoms with E-state index < -0.39 is 23.1 Å². The molecule has 0 amide bonds. The maximum absolute atomic E-state index is 13.3. The Bertz CT molecular complexity index is 376. The van der Waals surface area contributed by atoms with Crippen LogP contribution in [0.15, 0.2) is 18.2 Å². The van der Waals surface area contributed by atoms with Crippen molar-refractivity contribution < 1.29 is 19.4 Å². The molecule has 1 unspecified atom stereocenters. The number of benzene rings is 1. The third kappa shape index (κ3) is 1.54. The molecule has 0 saturated carbocycles. The molecule has 0 aliphatic rings. The van der Waals surface area contributed by atoms with Gasteiger partial charge in [0.2, 0.25) is 0 Å². The van der Waals surface area contributed by atoms with Crippen LogP contribution in [-0.4, -0.2) is 16.2 Å². The number of aliphatic carboxylic acids is 1. The Kier molecular flexibility index (Phi) is 2.44. The molecule has 1 aromatic carbocycles. The lowest BCUT2D eigenvalue weighted by atomic mass is 9.93. The molecule has 0 aliphatic heterocycles. The summed E-state index contributed by atoms with van der Waals surface area (Å²) in [5.74, 6) is -2.97. The van der Waals surface area contributed by atoms with Crippen LogP contribution in [0, 0.1) is 5.82 Å². The van der Waals surface area contributed by atoms with Gasteiger partial charge in [0.1, 0.15) is 5.54 Å². The lowest BCUT2D eigenvalue weighted by molar-refractivity contribution is -0.143. The Balaban J connectivity index is 3.33. The maximum atomic E-state index is 13.3. The van der Waals surface area contributed by atoms with Gasteiger partial charge >= 0.3 is 5.97 Å². The van der Waals surface area contributed by atoms with E-state index in [-0.39, 0.29) is 5.56 Å². The van der Waals surface area contributed by atoms with Gasteiger partial charge in [0, 0.05) is 5.56 Å². The molecule has 0 spiro atoms. The normalized spacial score (nSPS) is 14.8. The number of hydrogen-bond acceptors (Lipinski definition) is 3. The Morgan fingerprint density at radius 3 is 2.64 bits per heavy atom. The van der Waals surface area contributed by atoms with E-state index in [1.54, 1.807) is 0 Å². The van der Waals surface area contributed by atoms with Gasteiger partial charge in [-0.05, 0) is 13.0 Å². The van der Waals surface area contributed by atoms with E-state index in [9.17, 15) is 9.18 Å². The van der Waals surface area contributed by atoms with E-state index >= 15 is 0 Å². The monoisotopic (exact) mass is 199 g/mol. The van der Waals surface area contributed by atoms with E-state index in [1.165, 1.54) is 12.1 Å². The SMILES string of the molecule is CC(N)(C(=O)O)c1cccc(O)c1F. The predicted molar refractivity (Wildman–Crippen MR) is 47.2 cm³/mol. The van der Waals surface area contributed by atoms with Crippen LogP contribution >= 0.6 is 0 Å². The highest BCUT2D eigenvalue weighted by atomic mass is 19.1. The minimum absolute atomic E-state index is 0.245. The van der Waals surface area contributed by atoms with Gasteiger partial charge in [-0.1, -0.05) is 12.1 Å². The lowest BCUT2D eigenvalue weighted by Crippen LogP contribution is -2.42. The fraction of sp³-hybridized carbons (Fsp3) is 0.222. The molecule has 0 aliphatic carbocycles. The van der Waals surface area contributed by atoms with Crippen LogP contribution in [-0.2, 0) is 10.3 Å². The molecule has 0 aromatic heterocycles. The van der Waals surface area contributed by atoms with E-state index in [2.05, 4.69) is 0 Å². The van der Waals surface area contributed by atoms with Crippen molar-refractivity contribution in [3.05, 3.63) is 29.6 Å². The maximum Gasteiger partial charge on any atom is 0.328 e. The van der Waals surface area contributed by atoms with Crippen molar-refractivity contribution in [3.8, 4) is 5.75 Å². The molecule has 0 radical (unpaired) electrons. The first-order valence-corrected chi connectivity index (χ1v) is 3.87. The third-order valence-electron chi connectivity index (χ3n) is 1.98. The van der Waals surface area contributed by atoms with Gasteiger partial charge in [0.05, 0.1) is 0 Å². The molecule has 1 rings (SSSR count).